The molecule has 2 rings (SSSR count). The van der Waals surface area contributed by atoms with Crippen LogP contribution in [0.3, 0.4) is 0 Å². The second-order valence-electron chi connectivity index (χ2n) is 6.44. The van der Waals surface area contributed by atoms with Crippen LogP contribution in [-0.2, 0) is 11.3 Å². The second-order valence-corrected chi connectivity index (χ2v) is 7.39. The van der Waals surface area contributed by atoms with Gasteiger partial charge in [-0.1, -0.05) is 18.2 Å². The number of nitrogens with one attached hydrogen (secondary N) is 3. The lowest BCUT2D eigenvalue weighted by molar-refractivity contribution is 0.0523. The van der Waals surface area contributed by atoms with E-state index in [0.717, 1.165) is 5.56 Å². The Kier molecular flexibility index (Phi) is 6.35. The average molecular weight is 375 g/mol. The fraction of sp³-hybridized carbons (Fsp3) is 0.278. The number of thiophene rings is 1. The van der Waals surface area contributed by atoms with E-state index in [4.69, 9.17) is 4.74 Å². The molecule has 3 amide bonds. The van der Waals surface area contributed by atoms with Crippen LogP contribution in [-0.4, -0.2) is 23.5 Å². The van der Waals surface area contributed by atoms with Gasteiger partial charge in [-0.25, -0.2) is 4.79 Å². The van der Waals surface area contributed by atoms with Crippen LogP contribution in [0.15, 0.2) is 41.8 Å². The lowest BCUT2D eigenvalue weighted by Gasteiger charge is -2.19. The van der Waals surface area contributed by atoms with Gasteiger partial charge in [-0.05, 0) is 49.9 Å². The van der Waals surface area contributed by atoms with E-state index in [1.165, 1.54) is 11.3 Å². The van der Waals surface area contributed by atoms with Crippen molar-refractivity contribution < 1.29 is 19.1 Å². The van der Waals surface area contributed by atoms with Gasteiger partial charge in [0.1, 0.15) is 5.60 Å². The van der Waals surface area contributed by atoms with Crippen molar-refractivity contribution in [3.63, 3.8) is 0 Å². The maximum absolute atomic E-state index is 12.0. The number of hydrazine groups is 1. The van der Waals surface area contributed by atoms with Crippen LogP contribution in [0.5, 0.6) is 0 Å². The summed E-state index contributed by atoms with van der Waals surface area (Å²) >= 11 is 1.28. The molecule has 8 heteroatoms. The van der Waals surface area contributed by atoms with Crippen LogP contribution in [0, 0.1) is 0 Å². The SMILES string of the molecule is CC(C)(C)OC(=O)NCc1ccc(C(=O)NNC(=O)c2cccs2)cc1. The molecule has 0 unspecified atom stereocenters. The number of rotatable bonds is 4. The number of amides is 3. The number of hydrogen-bond donors (Lipinski definition) is 3. The average Bonchev–Trinajstić information content (AvgIpc) is 3.11. The summed E-state index contributed by atoms with van der Waals surface area (Å²) in [4.78, 5) is 35.9. The fourth-order valence-corrected chi connectivity index (χ4v) is 2.54. The van der Waals surface area contributed by atoms with Crippen LogP contribution in [0.4, 0.5) is 4.79 Å². The topological polar surface area (TPSA) is 96.5 Å². The smallest absolute Gasteiger partial charge is 0.407 e. The van der Waals surface area contributed by atoms with Gasteiger partial charge in [-0.15, -0.1) is 11.3 Å². The minimum atomic E-state index is -0.556. The van der Waals surface area contributed by atoms with Gasteiger partial charge in [-0.3, -0.25) is 20.4 Å². The highest BCUT2D eigenvalue weighted by Gasteiger charge is 2.15. The van der Waals surface area contributed by atoms with E-state index in [-0.39, 0.29) is 12.5 Å². The number of hydrogen-bond acceptors (Lipinski definition) is 5. The monoisotopic (exact) mass is 375 g/mol. The Morgan fingerprint density at radius 1 is 1.00 bits per heavy atom. The molecule has 0 aliphatic rings. The van der Waals surface area contributed by atoms with Crippen LogP contribution in [0.1, 0.15) is 46.4 Å². The van der Waals surface area contributed by atoms with Crippen LogP contribution in [0.25, 0.3) is 0 Å². The molecule has 138 valence electrons. The molecule has 3 N–H and O–H groups in total. The number of carbonyl (C=O) groups is 3. The van der Waals surface area contributed by atoms with E-state index >= 15 is 0 Å². The summed E-state index contributed by atoms with van der Waals surface area (Å²) in [5, 5.41) is 4.42. The molecule has 0 aliphatic heterocycles. The van der Waals surface area contributed by atoms with Crippen molar-refractivity contribution >= 4 is 29.2 Å². The fourth-order valence-electron chi connectivity index (χ4n) is 1.92. The summed E-state index contributed by atoms with van der Waals surface area (Å²) in [6.45, 7) is 5.65. The van der Waals surface area contributed by atoms with Crippen molar-refractivity contribution in [3.8, 4) is 0 Å². The summed E-state index contributed by atoms with van der Waals surface area (Å²) in [5.41, 5.74) is 5.36. The van der Waals surface area contributed by atoms with E-state index in [1.54, 1.807) is 62.5 Å². The maximum Gasteiger partial charge on any atom is 0.407 e. The molecular formula is C18H21N3O4S. The first-order valence-corrected chi connectivity index (χ1v) is 8.82. The number of ether oxygens (including phenoxy) is 1. The third kappa shape index (κ3) is 6.21. The molecule has 0 atom stereocenters. The molecular weight excluding hydrogens is 354 g/mol. The van der Waals surface area contributed by atoms with Gasteiger partial charge in [-0.2, -0.15) is 0 Å². The van der Waals surface area contributed by atoms with Crippen molar-refractivity contribution in [1.82, 2.24) is 16.2 Å². The highest BCUT2D eigenvalue weighted by Crippen LogP contribution is 2.09. The first kappa shape index (κ1) is 19.5. The molecule has 1 aromatic carbocycles. The first-order valence-electron chi connectivity index (χ1n) is 7.94. The Morgan fingerprint density at radius 2 is 1.65 bits per heavy atom. The molecule has 0 fully saturated rings. The minimum absolute atomic E-state index is 0.284. The third-order valence-corrected chi connectivity index (χ3v) is 3.96. The number of alkyl carbamates (subject to hydrolysis) is 1. The standard InChI is InChI=1S/C18H21N3O4S/c1-18(2,3)25-17(24)19-11-12-6-8-13(9-7-12)15(22)20-21-16(23)14-5-4-10-26-14/h4-10H,11H2,1-3H3,(H,19,24)(H,20,22)(H,21,23). The third-order valence-electron chi connectivity index (χ3n) is 3.09. The lowest BCUT2D eigenvalue weighted by atomic mass is 10.1. The predicted molar refractivity (Wildman–Crippen MR) is 98.8 cm³/mol. The van der Waals surface area contributed by atoms with Crippen LogP contribution >= 0.6 is 11.3 Å². The van der Waals surface area contributed by atoms with Gasteiger partial charge in [0.25, 0.3) is 11.8 Å². The molecule has 2 aromatic rings. The van der Waals surface area contributed by atoms with Gasteiger partial charge in [0.15, 0.2) is 0 Å². The summed E-state index contributed by atoms with van der Waals surface area (Å²) in [6.07, 6.45) is -0.504. The molecule has 0 radical (unpaired) electrons. The zero-order chi connectivity index (χ0) is 19.2. The number of carbonyl (C=O) groups excluding carboxylic acids is 3. The molecule has 26 heavy (non-hydrogen) atoms. The van der Waals surface area contributed by atoms with Crippen molar-refractivity contribution in [2.24, 2.45) is 0 Å². The summed E-state index contributed by atoms with van der Waals surface area (Å²) in [5.74, 6) is -0.798. The Morgan fingerprint density at radius 3 is 2.23 bits per heavy atom. The number of benzene rings is 1. The van der Waals surface area contributed by atoms with Crippen molar-refractivity contribution in [2.45, 2.75) is 32.9 Å². The van der Waals surface area contributed by atoms with Gasteiger partial charge < -0.3 is 10.1 Å². The Balaban J connectivity index is 1.81. The van der Waals surface area contributed by atoms with E-state index in [9.17, 15) is 14.4 Å². The Hall–Kier alpha value is -2.87. The van der Waals surface area contributed by atoms with Crippen molar-refractivity contribution in [3.05, 3.63) is 57.8 Å². The molecule has 0 saturated carbocycles. The Bertz CT molecular complexity index is 765. The zero-order valence-corrected chi connectivity index (χ0v) is 15.6. The van der Waals surface area contributed by atoms with Gasteiger partial charge in [0.05, 0.1) is 4.88 Å². The molecule has 0 spiro atoms. The highest BCUT2D eigenvalue weighted by atomic mass is 32.1. The molecule has 0 saturated heterocycles. The lowest BCUT2D eigenvalue weighted by Crippen LogP contribution is -2.41. The van der Waals surface area contributed by atoms with Crippen molar-refractivity contribution in [2.75, 3.05) is 0 Å². The van der Waals surface area contributed by atoms with E-state index in [2.05, 4.69) is 16.2 Å². The summed E-state index contributed by atoms with van der Waals surface area (Å²) in [7, 11) is 0. The molecule has 1 aromatic heterocycles. The largest absolute Gasteiger partial charge is 0.444 e. The van der Waals surface area contributed by atoms with E-state index < -0.39 is 17.6 Å². The second kappa shape index (κ2) is 8.48. The van der Waals surface area contributed by atoms with Gasteiger partial charge in [0.2, 0.25) is 0 Å². The van der Waals surface area contributed by atoms with Gasteiger partial charge in [0, 0.05) is 12.1 Å². The van der Waals surface area contributed by atoms with Gasteiger partial charge >= 0.3 is 6.09 Å². The summed E-state index contributed by atoms with van der Waals surface area (Å²) < 4.78 is 5.15. The molecule has 0 bridgehead atoms. The highest BCUT2D eigenvalue weighted by molar-refractivity contribution is 7.12. The molecule has 0 aliphatic carbocycles. The quantitative estimate of drug-likeness (QED) is 0.716. The maximum atomic E-state index is 12.0. The minimum Gasteiger partial charge on any atom is -0.444 e. The van der Waals surface area contributed by atoms with E-state index in [1.807, 2.05) is 0 Å². The van der Waals surface area contributed by atoms with Crippen molar-refractivity contribution in [1.29, 1.82) is 0 Å². The Labute approximate surface area is 155 Å². The normalized spacial score (nSPS) is 10.7. The zero-order valence-electron chi connectivity index (χ0n) is 14.8. The first-order chi connectivity index (χ1) is 12.2. The molecule has 7 nitrogen and oxygen atoms in total. The van der Waals surface area contributed by atoms with Crippen LogP contribution in [0.2, 0.25) is 0 Å². The molecule has 1 heterocycles. The predicted octanol–water partition coefficient (Wildman–Crippen LogP) is 2.85. The van der Waals surface area contributed by atoms with Crippen LogP contribution < -0.4 is 16.2 Å². The van der Waals surface area contributed by atoms with E-state index in [0.29, 0.717) is 10.4 Å². The summed E-state index contributed by atoms with van der Waals surface area (Å²) in [6, 6.07) is 10.1.